The van der Waals surface area contributed by atoms with E-state index >= 15 is 0 Å². The minimum atomic E-state index is -0.642. The monoisotopic (exact) mass is 328 g/mol. The molecule has 2 aromatic carbocycles. The number of fused-ring (bicyclic) bond motifs is 1. The van der Waals surface area contributed by atoms with Crippen LogP contribution in [-0.4, -0.2) is 5.78 Å². The average molecular weight is 329 g/mol. The van der Waals surface area contributed by atoms with Crippen LogP contribution in [0.3, 0.4) is 0 Å². The summed E-state index contributed by atoms with van der Waals surface area (Å²) in [5, 5.41) is 1.32. The van der Waals surface area contributed by atoms with Gasteiger partial charge in [0.25, 0.3) is 0 Å². The lowest BCUT2D eigenvalue weighted by atomic mass is 10.1. The maximum atomic E-state index is 11.8. The quantitative estimate of drug-likeness (QED) is 0.531. The van der Waals surface area contributed by atoms with E-state index in [1.807, 2.05) is 18.2 Å². The molecule has 116 valence electrons. The number of ether oxygens (including phenoxy) is 1. The van der Waals surface area contributed by atoms with Gasteiger partial charge in [0.05, 0.1) is 0 Å². The lowest BCUT2D eigenvalue weighted by Gasteiger charge is -2.07. The van der Waals surface area contributed by atoms with E-state index < -0.39 is 5.63 Å². The van der Waals surface area contributed by atoms with Crippen molar-refractivity contribution in [2.24, 2.45) is 0 Å². The minimum absolute atomic E-state index is 0.0464. The Morgan fingerprint density at radius 1 is 1.17 bits per heavy atom. The zero-order chi connectivity index (χ0) is 16.4. The molecular weight excluding hydrogens is 316 g/mol. The minimum Gasteiger partial charge on any atom is -0.489 e. The van der Waals surface area contributed by atoms with Gasteiger partial charge in [0.2, 0.25) is 0 Å². The van der Waals surface area contributed by atoms with Crippen LogP contribution in [0.25, 0.3) is 11.0 Å². The Kier molecular flexibility index (Phi) is 4.17. The topological polar surface area (TPSA) is 56.5 Å². The molecule has 1 heterocycles. The van der Waals surface area contributed by atoms with Crippen molar-refractivity contribution >= 4 is 28.4 Å². The van der Waals surface area contributed by atoms with Crippen molar-refractivity contribution in [1.29, 1.82) is 0 Å². The van der Waals surface area contributed by atoms with Gasteiger partial charge in [-0.3, -0.25) is 4.79 Å². The van der Waals surface area contributed by atoms with Crippen LogP contribution in [0.5, 0.6) is 5.75 Å². The SMILES string of the molecule is CC(=O)c1cc2ccc(OCc3cccc(Cl)c3)cc2oc1=O. The van der Waals surface area contributed by atoms with Crippen molar-refractivity contribution in [3.8, 4) is 5.75 Å². The maximum absolute atomic E-state index is 11.8. The summed E-state index contributed by atoms with van der Waals surface area (Å²) in [4.78, 5) is 23.1. The Hall–Kier alpha value is -2.59. The number of ketones is 1. The lowest BCUT2D eigenvalue weighted by Crippen LogP contribution is -2.10. The first-order chi connectivity index (χ1) is 11.0. The highest BCUT2D eigenvalue weighted by Gasteiger charge is 2.10. The van der Waals surface area contributed by atoms with Crippen molar-refractivity contribution < 1.29 is 13.9 Å². The van der Waals surface area contributed by atoms with E-state index in [-0.39, 0.29) is 11.3 Å². The molecule has 0 atom stereocenters. The van der Waals surface area contributed by atoms with Crippen LogP contribution in [0, 0.1) is 0 Å². The van der Waals surface area contributed by atoms with Crippen LogP contribution in [0.15, 0.2) is 57.7 Å². The van der Waals surface area contributed by atoms with Gasteiger partial charge >= 0.3 is 5.63 Å². The maximum Gasteiger partial charge on any atom is 0.347 e. The third-order valence-corrected chi connectivity index (χ3v) is 3.62. The standard InChI is InChI=1S/C18H13ClO4/c1-11(20)16-8-13-5-6-15(9-17(13)23-18(16)21)22-10-12-3-2-4-14(19)7-12/h2-9H,10H2,1H3. The van der Waals surface area contributed by atoms with Crippen LogP contribution in [0.2, 0.25) is 5.02 Å². The number of rotatable bonds is 4. The molecule has 0 N–H and O–H groups in total. The molecule has 4 nitrogen and oxygen atoms in total. The molecule has 0 aliphatic carbocycles. The Morgan fingerprint density at radius 2 is 2.00 bits per heavy atom. The fraction of sp³-hybridized carbons (Fsp3) is 0.111. The van der Waals surface area contributed by atoms with E-state index in [0.29, 0.717) is 28.3 Å². The molecule has 3 rings (SSSR count). The van der Waals surface area contributed by atoms with E-state index in [1.165, 1.54) is 13.0 Å². The number of carbonyl (C=O) groups excluding carboxylic acids is 1. The number of halogens is 1. The van der Waals surface area contributed by atoms with Gasteiger partial charge in [0, 0.05) is 16.5 Å². The first-order valence-electron chi connectivity index (χ1n) is 6.99. The van der Waals surface area contributed by atoms with E-state index in [1.54, 1.807) is 24.3 Å². The molecule has 0 amide bonds. The largest absolute Gasteiger partial charge is 0.489 e. The molecule has 0 fully saturated rings. The second-order valence-corrected chi connectivity index (χ2v) is 5.56. The molecule has 0 saturated heterocycles. The lowest BCUT2D eigenvalue weighted by molar-refractivity contribution is 0.101. The van der Waals surface area contributed by atoms with E-state index in [9.17, 15) is 9.59 Å². The fourth-order valence-electron chi connectivity index (χ4n) is 2.22. The highest BCUT2D eigenvalue weighted by molar-refractivity contribution is 6.30. The van der Waals surface area contributed by atoms with Gasteiger partial charge < -0.3 is 9.15 Å². The molecule has 3 aromatic rings. The molecule has 0 aliphatic heterocycles. The van der Waals surface area contributed by atoms with Gasteiger partial charge in [-0.25, -0.2) is 4.79 Å². The number of benzene rings is 2. The number of hydrogen-bond donors (Lipinski definition) is 0. The average Bonchev–Trinajstić information content (AvgIpc) is 2.52. The van der Waals surface area contributed by atoms with Gasteiger partial charge in [-0.1, -0.05) is 23.7 Å². The molecule has 0 unspecified atom stereocenters. The normalized spacial score (nSPS) is 10.7. The van der Waals surface area contributed by atoms with Gasteiger partial charge in [0.1, 0.15) is 23.5 Å². The predicted molar refractivity (Wildman–Crippen MR) is 88.3 cm³/mol. The molecule has 0 aliphatic rings. The summed E-state index contributed by atoms with van der Waals surface area (Å²) >= 11 is 5.93. The first kappa shape index (κ1) is 15.3. The summed E-state index contributed by atoms with van der Waals surface area (Å²) in [6, 6.07) is 14.0. The van der Waals surface area contributed by atoms with Crippen LogP contribution in [-0.2, 0) is 6.61 Å². The van der Waals surface area contributed by atoms with E-state index in [2.05, 4.69) is 0 Å². The fourth-order valence-corrected chi connectivity index (χ4v) is 2.43. The molecule has 23 heavy (non-hydrogen) atoms. The summed E-state index contributed by atoms with van der Waals surface area (Å²) in [6.45, 7) is 1.68. The smallest absolute Gasteiger partial charge is 0.347 e. The second kappa shape index (κ2) is 6.26. The van der Waals surface area contributed by atoms with Crippen molar-refractivity contribution in [3.05, 3.63) is 75.1 Å². The molecule has 0 saturated carbocycles. The predicted octanol–water partition coefficient (Wildman–Crippen LogP) is 4.23. The molecule has 1 aromatic heterocycles. The van der Waals surface area contributed by atoms with Gasteiger partial charge in [-0.05, 0) is 42.8 Å². The van der Waals surface area contributed by atoms with Crippen molar-refractivity contribution in [1.82, 2.24) is 0 Å². The van der Waals surface area contributed by atoms with Crippen LogP contribution >= 0.6 is 11.6 Å². The van der Waals surface area contributed by atoms with Crippen molar-refractivity contribution in [2.45, 2.75) is 13.5 Å². The summed E-state index contributed by atoms with van der Waals surface area (Å²) in [6.07, 6.45) is 0. The number of Topliss-reactive ketones (excluding diaryl/α,β-unsaturated/α-hetero) is 1. The second-order valence-electron chi connectivity index (χ2n) is 5.12. The van der Waals surface area contributed by atoms with Gasteiger partial charge in [-0.2, -0.15) is 0 Å². The van der Waals surface area contributed by atoms with Gasteiger partial charge in [0.15, 0.2) is 5.78 Å². The van der Waals surface area contributed by atoms with Crippen LogP contribution < -0.4 is 10.4 Å². The summed E-state index contributed by atoms with van der Waals surface area (Å²) in [5.74, 6) is 0.248. The molecule has 5 heteroatoms. The summed E-state index contributed by atoms with van der Waals surface area (Å²) in [7, 11) is 0. The highest BCUT2D eigenvalue weighted by atomic mass is 35.5. The molecular formula is C18H13ClO4. The number of hydrogen-bond acceptors (Lipinski definition) is 4. The van der Waals surface area contributed by atoms with E-state index in [4.69, 9.17) is 20.8 Å². The molecule has 0 bridgehead atoms. The highest BCUT2D eigenvalue weighted by Crippen LogP contribution is 2.22. The van der Waals surface area contributed by atoms with E-state index in [0.717, 1.165) is 5.56 Å². The van der Waals surface area contributed by atoms with Crippen molar-refractivity contribution in [3.63, 3.8) is 0 Å². The zero-order valence-corrected chi connectivity index (χ0v) is 13.1. The number of carbonyl (C=O) groups is 1. The van der Waals surface area contributed by atoms with Crippen LogP contribution in [0.1, 0.15) is 22.8 Å². The Morgan fingerprint density at radius 3 is 2.74 bits per heavy atom. The Balaban J connectivity index is 1.87. The van der Waals surface area contributed by atoms with Crippen LogP contribution in [0.4, 0.5) is 0 Å². The Bertz CT molecular complexity index is 943. The summed E-state index contributed by atoms with van der Waals surface area (Å²) in [5.41, 5.74) is 0.719. The zero-order valence-electron chi connectivity index (χ0n) is 12.3. The molecule has 0 radical (unpaired) electrons. The molecule has 0 spiro atoms. The van der Waals surface area contributed by atoms with Gasteiger partial charge in [-0.15, -0.1) is 0 Å². The Labute approximate surface area is 137 Å². The first-order valence-corrected chi connectivity index (χ1v) is 7.37. The summed E-state index contributed by atoms with van der Waals surface area (Å²) < 4.78 is 10.9. The third-order valence-electron chi connectivity index (χ3n) is 3.38. The van der Waals surface area contributed by atoms with Crippen molar-refractivity contribution in [2.75, 3.05) is 0 Å². The third kappa shape index (κ3) is 3.43.